The zero-order chi connectivity index (χ0) is 11.1. The van der Waals surface area contributed by atoms with Crippen molar-refractivity contribution < 1.29 is 0 Å². The van der Waals surface area contributed by atoms with E-state index in [0.29, 0.717) is 0 Å². The maximum Gasteiger partial charge on any atom is 0.108 e. The Hall–Kier alpha value is -0.790. The van der Waals surface area contributed by atoms with E-state index in [9.17, 15) is 0 Å². The van der Waals surface area contributed by atoms with Crippen molar-refractivity contribution in [2.75, 3.05) is 0 Å². The summed E-state index contributed by atoms with van der Waals surface area (Å²) in [6.07, 6.45) is 9.96. The minimum Gasteiger partial charge on any atom is -0.335 e. The van der Waals surface area contributed by atoms with Crippen molar-refractivity contribution in [3.8, 4) is 0 Å². The number of aromatic nitrogens is 2. The highest BCUT2D eigenvalue weighted by Crippen LogP contribution is 2.08. The summed E-state index contributed by atoms with van der Waals surface area (Å²) in [4.78, 5) is 4.51. The minimum atomic E-state index is 1.04. The summed E-state index contributed by atoms with van der Waals surface area (Å²) in [7, 11) is 0. The average Bonchev–Trinajstić information content (AvgIpc) is 2.59. The first kappa shape index (κ1) is 12.3. The predicted molar refractivity (Wildman–Crippen MR) is 65.1 cm³/mol. The fraction of sp³-hybridized carbons (Fsp3) is 0.769. The van der Waals surface area contributed by atoms with Crippen molar-refractivity contribution in [1.82, 2.24) is 9.55 Å². The van der Waals surface area contributed by atoms with Crippen LogP contribution in [0.2, 0.25) is 0 Å². The second-order valence-corrected chi connectivity index (χ2v) is 4.26. The summed E-state index contributed by atoms with van der Waals surface area (Å²) in [6.45, 7) is 7.66. The highest BCUT2D eigenvalue weighted by Gasteiger charge is 2.02. The van der Waals surface area contributed by atoms with Crippen molar-refractivity contribution in [2.45, 2.75) is 65.8 Å². The summed E-state index contributed by atoms with van der Waals surface area (Å²) < 4.78 is 2.32. The summed E-state index contributed by atoms with van der Waals surface area (Å²) in [6, 6.07) is 0. The van der Waals surface area contributed by atoms with Gasteiger partial charge in [-0.2, -0.15) is 0 Å². The Morgan fingerprint density at radius 1 is 1.13 bits per heavy atom. The van der Waals surface area contributed by atoms with Gasteiger partial charge in [0.25, 0.3) is 0 Å². The van der Waals surface area contributed by atoms with Crippen LogP contribution in [0.15, 0.2) is 6.20 Å². The Balaban J connectivity index is 2.30. The molecule has 86 valence electrons. The van der Waals surface area contributed by atoms with Crippen LogP contribution in [0.25, 0.3) is 0 Å². The molecule has 0 N–H and O–H groups in total. The monoisotopic (exact) mass is 208 g/mol. The smallest absolute Gasteiger partial charge is 0.108 e. The van der Waals surface area contributed by atoms with E-state index in [1.807, 2.05) is 0 Å². The molecule has 1 heterocycles. The van der Waals surface area contributed by atoms with Gasteiger partial charge in [-0.05, 0) is 13.3 Å². The molecule has 2 heteroatoms. The first-order valence-corrected chi connectivity index (χ1v) is 6.30. The number of imidazole rings is 1. The Bertz CT molecular complexity index is 276. The molecule has 1 aromatic heterocycles. The van der Waals surface area contributed by atoms with Crippen LogP contribution in [0.5, 0.6) is 0 Å². The third kappa shape index (κ3) is 4.06. The third-order valence-corrected chi connectivity index (χ3v) is 2.80. The van der Waals surface area contributed by atoms with Gasteiger partial charge in [-0.25, -0.2) is 4.98 Å². The SMILES string of the molecule is CCCCCCCn1cc(C)nc1CC. The molecule has 0 bridgehead atoms. The van der Waals surface area contributed by atoms with Gasteiger partial charge in [0.1, 0.15) is 5.82 Å². The molecular weight excluding hydrogens is 184 g/mol. The molecule has 0 radical (unpaired) electrons. The molecule has 0 amide bonds. The molecule has 1 rings (SSSR count). The second-order valence-electron chi connectivity index (χ2n) is 4.26. The summed E-state index contributed by atoms with van der Waals surface area (Å²) >= 11 is 0. The Kier molecular flexibility index (Phi) is 5.44. The van der Waals surface area contributed by atoms with Gasteiger partial charge in [-0.15, -0.1) is 0 Å². The maximum atomic E-state index is 4.51. The molecule has 0 saturated carbocycles. The van der Waals surface area contributed by atoms with Crippen LogP contribution < -0.4 is 0 Å². The van der Waals surface area contributed by atoms with Gasteiger partial charge in [-0.3, -0.25) is 0 Å². The van der Waals surface area contributed by atoms with Crippen LogP contribution in [-0.2, 0) is 13.0 Å². The normalized spacial score (nSPS) is 10.9. The third-order valence-electron chi connectivity index (χ3n) is 2.80. The lowest BCUT2D eigenvalue weighted by atomic mass is 10.1. The molecular formula is C13H24N2. The number of rotatable bonds is 7. The van der Waals surface area contributed by atoms with E-state index in [1.165, 1.54) is 37.9 Å². The lowest BCUT2D eigenvalue weighted by Crippen LogP contribution is -2.01. The Labute approximate surface area is 93.7 Å². The molecule has 0 aromatic carbocycles. The van der Waals surface area contributed by atoms with E-state index < -0.39 is 0 Å². The minimum absolute atomic E-state index is 1.04. The zero-order valence-electron chi connectivity index (χ0n) is 10.4. The van der Waals surface area contributed by atoms with Gasteiger partial charge in [0.2, 0.25) is 0 Å². The fourth-order valence-electron chi connectivity index (χ4n) is 1.96. The highest BCUT2D eigenvalue weighted by molar-refractivity contribution is 5.01. The van der Waals surface area contributed by atoms with Crippen LogP contribution in [0.1, 0.15) is 57.5 Å². The van der Waals surface area contributed by atoms with E-state index in [0.717, 1.165) is 18.7 Å². The van der Waals surface area contributed by atoms with Gasteiger partial charge in [-0.1, -0.05) is 39.5 Å². The molecule has 1 aromatic rings. The van der Waals surface area contributed by atoms with E-state index in [2.05, 4.69) is 36.5 Å². The first-order valence-electron chi connectivity index (χ1n) is 6.30. The van der Waals surface area contributed by atoms with Gasteiger partial charge < -0.3 is 4.57 Å². The summed E-state index contributed by atoms with van der Waals surface area (Å²) in [5, 5.41) is 0. The quantitative estimate of drug-likeness (QED) is 0.624. The largest absolute Gasteiger partial charge is 0.335 e. The maximum absolute atomic E-state index is 4.51. The number of aryl methyl sites for hydroxylation is 3. The van der Waals surface area contributed by atoms with E-state index in [-0.39, 0.29) is 0 Å². The van der Waals surface area contributed by atoms with Crippen LogP contribution in [0.4, 0.5) is 0 Å². The lowest BCUT2D eigenvalue weighted by Gasteiger charge is -2.05. The molecule has 2 nitrogen and oxygen atoms in total. The number of hydrogen-bond donors (Lipinski definition) is 0. The van der Waals surface area contributed by atoms with E-state index in [4.69, 9.17) is 0 Å². The number of unbranched alkanes of at least 4 members (excludes halogenated alkanes) is 4. The van der Waals surface area contributed by atoms with Gasteiger partial charge >= 0.3 is 0 Å². The molecule has 0 aliphatic rings. The van der Waals surface area contributed by atoms with Gasteiger partial charge in [0.05, 0.1) is 5.69 Å². The van der Waals surface area contributed by atoms with E-state index >= 15 is 0 Å². The zero-order valence-corrected chi connectivity index (χ0v) is 10.4. The van der Waals surface area contributed by atoms with Crippen LogP contribution in [0, 0.1) is 6.92 Å². The summed E-state index contributed by atoms with van der Waals surface area (Å²) in [5.41, 5.74) is 1.15. The van der Waals surface area contributed by atoms with Crippen molar-refractivity contribution in [1.29, 1.82) is 0 Å². The number of hydrogen-bond acceptors (Lipinski definition) is 1. The summed E-state index contributed by atoms with van der Waals surface area (Å²) in [5.74, 6) is 1.24. The van der Waals surface area contributed by atoms with Crippen molar-refractivity contribution in [3.63, 3.8) is 0 Å². The molecule has 0 atom stereocenters. The molecule has 0 aliphatic heterocycles. The standard InChI is InChI=1S/C13H24N2/c1-4-6-7-8-9-10-15-11-12(3)14-13(15)5-2/h11H,4-10H2,1-3H3. The molecule has 15 heavy (non-hydrogen) atoms. The molecule has 0 aliphatic carbocycles. The Morgan fingerprint density at radius 3 is 2.53 bits per heavy atom. The van der Waals surface area contributed by atoms with Crippen molar-refractivity contribution in [2.24, 2.45) is 0 Å². The fourth-order valence-corrected chi connectivity index (χ4v) is 1.96. The van der Waals surface area contributed by atoms with Gasteiger partial charge in [0.15, 0.2) is 0 Å². The van der Waals surface area contributed by atoms with Crippen LogP contribution in [0.3, 0.4) is 0 Å². The first-order chi connectivity index (χ1) is 7.27. The highest BCUT2D eigenvalue weighted by atomic mass is 15.1. The Morgan fingerprint density at radius 2 is 1.87 bits per heavy atom. The average molecular weight is 208 g/mol. The van der Waals surface area contributed by atoms with Crippen molar-refractivity contribution in [3.05, 3.63) is 17.7 Å². The van der Waals surface area contributed by atoms with E-state index in [1.54, 1.807) is 0 Å². The molecule has 0 fully saturated rings. The predicted octanol–water partition coefficient (Wildman–Crippen LogP) is 3.72. The second kappa shape index (κ2) is 6.65. The lowest BCUT2D eigenvalue weighted by molar-refractivity contribution is 0.555. The van der Waals surface area contributed by atoms with Crippen LogP contribution >= 0.6 is 0 Å². The van der Waals surface area contributed by atoms with Gasteiger partial charge in [0, 0.05) is 19.2 Å². The molecule has 0 saturated heterocycles. The van der Waals surface area contributed by atoms with Crippen LogP contribution in [-0.4, -0.2) is 9.55 Å². The molecule has 0 spiro atoms. The topological polar surface area (TPSA) is 17.8 Å². The molecule has 0 unspecified atom stereocenters. The number of nitrogens with zero attached hydrogens (tertiary/aromatic N) is 2. The van der Waals surface area contributed by atoms with Crippen molar-refractivity contribution >= 4 is 0 Å².